The molecule has 0 saturated carbocycles. The average molecular weight is 362 g/mol. The number of benzene rings is 2. The fourth-order valence-electron chi connectivity index (χ4n) is 2.76. The van der Waals surface area contributed by atoms with Gasteiger partial charge in [-0.15, -0.1) is 0 Å². The van der Waals surface area contributed by atoms with Crippen molar-refractivity contribution in [3.8, 4) is 5.75 Å². The van der Waals surface area contributed by atoms with Crippen LogP contribution >= 0.6 is 0 Å². The molecule has 1 heterocycles. The van der Waals surface area contributed by atoms with Crippen LogP contribution in [0, 0.1) is 0 Å². The van der Waals surface area contributed by atoms with E-state index in [2.05, 4.69) is 70.8 Å². The van der Waals surface area contributed by atoms with Crippen molar-refractivity contribution in [3.63, 3.8) is 0 Å². The minimum Gasteiger partial charge on any atom is -0.497 e. The molecule has 0 aliphatic rings. The van der Waals surface area contributed by atoms with Gasteiger partial charge >= 0.3 is 0 Å². The molecule has 0 radical (unpaired) electrons. The van der Waals surface area contributed by atoms with Gasteiger partial charge in [0.05, 0.1) is 7.11 Å². The largest absolute Gasteiger partial charge is 0.497 e. The van der Waals surface area contributed by atoms with Gasteiger partial charge in [-0.3, -0.25) is 0 Å². The van der Waals surface area contributed by atoms with Crippen LogP contribution in [-0.4, -0.2) is 23.6 Å². The summed E-state index contributed by atoms with van der Waals surface area (Å²) in [5, 5.41) is 6.60. The van der Waals surface area contributed by atoms with Crippen molar-refractivity contribution in [2.24, 2.45) is 0 Å². The Labute approximate surface area is 160 Å². The zero-order valence-electron chi connectivity index (χ0n) is 16.1. The summed E-state index contributed by atoms with van der Waals surface area (Å²) in [5.41, 5.74) is 3.52. The Kier molecular flexibility index (Phi) is 6.26. The van der Waals surface area contributed by atoms with E-state index in [1.165, 1.54) is 11.1 Å². The quantitative estimate of drug-likeness (QED) is 0.590. The first-order valence-corrected chi connectivity index (χ1v) is 9.21. The Bertz CT molecular complexity index is 862. The average Bonchev–Trinajstić information content (AvgIpc) is 2.69. The Balaban J connectivity index is 1.56. The Morgan fingerprint density at radius 3 is 2.59 bits per heavy atom. The van der Waals surface area contributed by atoms with Crippen molar-refractivity contribution in [1.82, 2.24) is 9.97 Å². The number of methoxy groups -OCH3 is 1. The van der Waals surface area contributed by atoms with Crippen LogP contribution < -0.4 is 15.4 Å². The normalized spacial score (nSPS) is 10.7. The number of rotatable bonds is 8. The maximum absolute atomic E-state index is 5.26. The highest BCUT2D eigenvalue weighted by Gasteiger charge is 2.03. The van der Waals surface area contributed by atoms with Gasteiger partial charge < -0.3 is 15.4 Å². The maximum Gasteiger partial charge on any atom is 0.229 e. The first kappa shape index (κ1) is 18.7. The molecule has 0 bridgehead atoms. The maximum atomic E-state index is 5.26. The SMILES string of the molecule is COc1cccc(CCNc2ccnc(Nc3ccc(C(C)C)cc3)n2)c1. The van der Waals surface area contributed by atoms with Gasteiger partial charge in [-0.1, -0.05) is 38.1 Å². The summed E-state index contributed by atoms with van der Waals surface area (Å²) in [6.07, 6.45) is 2.65. The van der Waals surface area contributed by atoms with Gasteiger partial charge in [0.1, 0.15) is 11.6 Å². The van der Waals surface area contributed by atoms with Crippen LogP contribution in [0.3, 0.4) is 0 Å². The van der Waals surface area contributed by atoms with Crippen molar-refractivity contribution >= 4 is 17.5 Å². The Morgan fingerprint density at radius 2 is 1.85 bits per heavy atom. The first-order valence-electron chi connectivity index (χ1n) is 9.21. The summed E-state index contributed by atoms with van der Waals surface area (Å²) in [4.78, 5) is 8.83. The minimum absolute atomic E-state index is 0.521. The molecule has 0 saturated heterocycles. The van der Waals surface area contributed by atoms with Gasteiger partial charge in [0, 0.05) is 18.4 Å². The van der Waals surface area contributed by atoms with Gasteiger partial charge in [0.15, 0.2) is 0 Å². The molecule has 2 aromatic carbocycles. The highest BCUT2D eigenvalue weighted by Crippen LogP contribution is 2.19. The van der Waals surface area contributed by atoms with Crippen molar-refractivity contribution < 1.29 is 4.74 Å². The smallest absolute Gasteiger partial charge is 0.229 e. The lowest BCUT2D eigenvalue weighted by Gasteiger charge is -2.10. The van der Waals surface area contributed by atoms with E-state index in [-0.39, 0.29) is 0 Å². The molecule has 0 amide bonds. The lowest BCUT2D eigenvalue weighted by Crippen LogP contribution is -2.08. The van der Waals surface area contributed by atoms with Crippen LogP contribution in [0.2, 0.25) is 0 Å². The van der Waals surface area contributed by atoms with Gasteiger partial charge in [-0.05, 0) is 53.8 Å². The molecule has 5 nitrogen and oxygen atoms in total. The molecular formula is C22H26N4O. The van der Waals surface area contributed by atoms with E-state index in [1.54, 1.807) is 13.3 Å². The van der Waals surface area contributed by atoms with E-state index in [4.69, 9.17) is 4.74 Å². The summed E-state index contributed by atoms with van der Waals surface area (Å²) >= 11 is 0. The molecule has 140 valence electrons. The van der Waals surface area contributed by atoms with E-state index in [0.29, 0.717) is 11.9 Å². The second-order valence-corrected chi connectivity index (χ2v) is 6.70. The van der Waals surface area contributed by atoms with E-state index in [1.807, 2.05) is 18.2 Å². The molecule has 3 aromatic rings. The molecule has 0 fully saturated rings. The number of nitrogens with zero attached hydrogens (tertiary/aromatic N) is 2. The van der Waals surface area contributed by atoms with E-state index in [9.17, 15) is 0 Å². The van der Waals surface area contributed by atoms with Crippen LogP contribution in [0.15, 0.2) is 60.8 Å². The predicted molar refractivity (Wildman–Crippen MR) is 111 cm³/mol. The van der Waals surface area contributed by atoms with E-state index in [0.717, 1.165) is 30.2 Å². The summed E-state index contributed by atoms with van der Waals surface area (Å²) in [7, 11) is 1.68. The topological polar surface area (TPSA) is 59.1 Å². The Hall–Kier alpha value is -3.08. The molecule has 0 aliphatic carbocycles. The van der Waals surface area contributed by atoms with Gasteiger partial charge in [-0.25, -0.2) is 4.98 Å². The number of hydrogen-bond donors (Lipinski definition) is 2. The molecular weight excluding hydrogens is 336 g/mol. The summed E-state index contributed by atoms with van der Waals surface area (Å²) in [6.45, 7) is 5.16. The highest BCUT2D eigenvalue weighted by atomic mass is 16.5. The molecule has 0 atom stereocenters. The fourth-order valence-corrected chi connectivity index (χ4v) is 2.76. The number of aromatic nitrogens is 2. The number of ether oxygens (including phenoxy) is 1. The van der Waals surface area contributed by atoms with Gasteiger partial charge in [-0.2, -0.15) is 4.98 Å². The Morgan fingerprint density at radius 1 is 1.04 bits per heavy atom. The molecule has 1 aromatic heterocycles. The zero-order chi connectivity index (χ0) is 19.1. The molecule has 0 aliphatic heterocycles. The summed E-state index contributed by atoms with van der Waals surface area (Å²) in [6, 6.07) is 18.3. The van der Waals surface area contributed by atoms with Crippen molar-refractivity contribution in [2.75, 3.05) is 24.3 Å². The third-order valence-electron chi connectivity index (χ3n) is 4.34. The molecule has 3 rings (SSSR count). The zero-order valence-corrected chi connectivity index (χ0v) is 16.1. The second-order valence-electron chi connectivity index (χ2n) is 6.70. The molecule has 0 unspecified atom stereocenters. The highest BCUT2D eigenvalue weighted by molar-refractivity contribution is 5.55. The molecule has 2 N–H and O–H groups in total. The predicted octanol–water partition coefficient (Wildman–Crippen LogP) is 5.01. The van der Waals surface area contributed by atoms with Crippen LogP contribution in [0.25, 0.3) is 0 Å². The van der Waals surface area contributed by atoms with E-state index >= 15 is 0 Å². The van der Waals surface area contributed by atoms with Gasteiger partial charge in [0.25, 0.3) is 0 Å². The second kappa shape index (κ2) is 9.03. The molecule has 0 spiro atoms. The lowest BCUT2D eigenvalue weighted by molar-refractivity contribution is 0.414. The van der Waals surface area contributed by atoms with E-state index < -0.39 is 0 Å². The van der Waals surface area contributed by atoms with Crippen LogP contribution in [-0.2, 0) is 6.42 Å². The number of hydrogen-bond acceptors (Lipinski definition) is 5. The summed E-state index contributed by atoms with van der Waals surface area (Å²) < 4.78 is 5.26. The number of anilines is 3. The van der Waals surface area contributed by atoms with Crippen molar-refractivity contribution in [3.05, 3.63) is 71.9 Å². The monoisotopic (exact) mass is 362 g/mol. The van der Waals surface area contributed by atoms with Crippen molar-refractivity contribution in [2.45, 2.75) is 26.2 Å². The van der Waals surface area contributed by atoms with Crippen molar-refractivity contribution in [1.29, 1.82) is 0 Å². The lowest BCUT2D eigenvalue weighted by atomic mass is 10.0. The third-order valence-corrected chi connectivity index (χ3v) is 4.34. The summed E-state index contributed by atoms with van der Waals surface area (Å²) in [5.74, 6) is 2.78. The first-order chi connectivity index (χ1) is 13.1. The molecule has 5 heteroatoms. The van der Waals surface area contributed by atoms with Crippen LogP contribution in [0.4, 0.5) is 17.5 Å². The molecule has 27 heavy (non-hydrogen) atoms. The van der Waals surface area contributed by atoms with Crippen LogP contribution in [0.1, 0.15) is 30.9 Å². The van der Waals surface area contributed by atoms with Gasteiger partial charge in [0.2, 0.25) is 5.95 Å². The standard InChI is InChI=1S/C22H26N4O/c1-16(2)18-7-9-19(10-8-18)25-22-24-14-12-21(26-22)23-13-11-17-5-4-6-20(15-17)27-3/h4-10,12,14-16H,11,13H2,1-3H3,(H2,23,24,25,26). The minimum atomic E-state index is 0.521. The fraction of sp³-hybridized carbons (Fsp3) is 0.273. The van der Waals surface area contributed by atoms with Crippen LogP contribution in [0.5, 0.6) is 5.75 Å². The number of nitrogens with one attached hydrogen (secondary N) is 2. The third kappa shape index (κ3) is 5.45.